The van der Waals surface area contributed by atoms with Crippen LogP contribution >= 0.6 is 0 Å². The van der Waals surface area contributed by atoms with Crippen LogP contribution in [0, 0.1) is 23.3 Å². The average molecular weight is 446 g/mol. The number of hydrogen-bond donors (Lipinski definition) is 1. The molecule has 0 aliphatic heterocycles. The van der Waals surface area contributed by atoms with Crippen LogP contribution in [0.25, 0.3) is 0 Å². The van der Waals surface area contributed by atoms with Crippen molar-refractivity contribution in [1.82, 2.24) is 30.0 Å². The number of benzene rings is 2. The van der Waals surface area contributed by atoms with Gasteiger partial charge in [0.15, 0.2) is 0 Å². The summed E-state index contributed by atoms with van der Waals surface area (Å²) in [6.45, 7) is 1.41. The standard InChI is InChI=1S/C21H18F4N6O/c1-13(20-6-7-30(27-20)10-14-2-3-15(22)8-18(14)24)21(32,11-31-12-26-28-29-31)17-5-4-16(23)9-19(17)25/h2-9,12-13,32H,10-11H2,1H3/t13-,21+/m0/s1. The van der Waals surface area contributed by atoms with Gasteiger partial charge in [0, 0.05) is 35.4 Å². The number of aromatic nitrogens is 6. The number of halogens is 4. The van der Waals surface area contributed by atoms with Crippen molar-refractivity contribution in [2.45, 2.75) is 31.5 Å². The van der Waals surface area contributed by atoms with Crippen molar-refractivity contribution in [3.63, 3.8) is 0 Å². The first-order chi connectivity index (χ1) is 15.3. The van der Waals surface area contributed by atoms with Gasteiger partial charge in [-0.3, -0.25) is 4.68 Å². The van der Waals surface area contributed by atoms with E-state index in [1.807, 2.05) is 0 Å². The molecule has 0 amide bonds. The summed E-state index contributed by atoms with van der Waals surface area (Å²) in [7, 11) is 0. The lowest BCUT2D eigenvalue weighted by molar-refractivity contribution is -0.0128. The van der Waals surface area contributed by atoms with Crippen LogP contribution in [0.2, 0.25) is 0 Å². The second kappa shape index (κ2) is 8.50. The lowest BCUT2D eigenvalue weighted by atomic mass is 9.80. The third-order valence-corrected chi connectivity index (χ3v) is 5.36. The Kier molecular flexibility index (Phi) is 5.74. The normalized spacial score (nSPS) is 14.3. The van der Waals surface area contributed by atoms with E-state index in [0.717, 1.165) is 24.3 Å². The van der Waals surface area contributed by atoms with Gasteiger partial charge in [-0.05, 0) is 28.6 Å². The maximum atomic E-state index is 14.7. The van der Waals surface area contributed by atoms with Gasteiger partial charge < -0.3 is 5.11 Å². The summed E-state index contributed by atoms with van der Waals surface area (Å²) in [4.78, 5) is 0. The summed E-state index contributed by atoms with van der Waals surface area (Å²) >= 11 is 0. The van der Waals surface area contributed by atoms with E-state index in [1.165, 1.54) is 21.8 Å². The molecule has 0 spiro atoms. The van der Waals surface area contributed by atoms with Gasteiger partial charge in [-0.1, -0.05) is 19.1 Å². The van der Waals surface area contributed by atoms with E-state index in [0.29, 0.717) is 11.8 Å². The monoisotopic (exact) mass is 446 g/mol. The SMILES string of the molecule is C[C@@H](c1ccn(Cc2ccc(F)cc2F)n1)[C@](O)(Cn1cnnn1)c1ccc(F)cc1F. The van der Waals surface area contributed by atoms with Crippen LogP contribution in [-0.2, 0) is 18.7 Å². The van der Waals surface area contributed by atoms with Gasteiger partial charge >= 0.3 is 0 Å². The molecule has 0 radical (unpaired) electrons. The number of rotatable bonds is 7. The van der Waals surface area contributed by atoms with E-state index in [2.05, 4.69) is 20.6 Å². The first kappa shape index (κ1) is 21.6. The Morgan fingerprint density at radius 1 is 0.969 bits per heavy atom. The third kappa shape index (κ3) is 4.24. The third-order valence-electron chi connectivity index (χ3n) is 5.36. The Morgan fingerprint density at radius 3 is 2.34 bits per heavy atom. The Labute approximate surface area is 179 Å². The molecule has 166 valence electrons. The van der Waals surface area contributed by atoms with Crippen molar-refractivity contribution in [3.05, 3.63) is 95.1 Å². The van der Waals surface area contributed by atoms with Crippen molar-refractivity contribution >= 4 is 0 Å². The smallest absolute Gasteiger partial charge is 0.138 e. The van der Waals surface area contributed by atoms with Crippen molar-refractivity contribution in [3.8, 4) is 0 Å². The van der Waals surface area contributed by atoms with Crippen molar-refractivity contribution < 1.29 is 22.7 Å². The van der Waals surface area contributed by atoms with E-state index in [1.54, 1.807) is 19.2 Å². The fourth-order valence-corrected chi connectivity index (χ4v) is 3.56. The Bertz CT molecular complexity index is 1230. The fraction of sp³-hybridized carbons (Fsp3) is 0.238. The zero-order chi connectivity index (χ0) is 22.9. The predicted molar refractivity (Wildman–Crippen MR) is 104 cm³/mol. The second-order valence-corrected chi connectivity index (χ2v) is 7.45. The van der Waals surface area contributed by atoms with Crippen molar-refractivity contribution in [1.29, 1.82) is 0 Å². The highest BCUT2D eigenvalue weighted by Gasteiger charge is 2.41. The molecule has 2 aromatic carbocycles. The summed E-state index contributed by atoms with van der Waals surface area (Å²) in [6, 6.07) is 7.73. The Balaban J connectivity index is 1.67. The van der Waals surface area contributed by atoms with Crippen LogP contribution < -0.4 is 0 Å². The molecule has 2 atom stereocenters. The molecule has 1 N–H and O–H groups in total. The minimum Gasteiger partial charge on any atom is -0.382 e. The van der Waals surface area contributed by atoms with Crippen LogP contribution in [0.3, 0.4) is 0 Å². The number of nitrogens with zero attached hydrogens (tertiary/aromatic N) is 6. The number of hydrogen-bond acceptors (Lipinski definition) is 5. The van der Waals surface area contributed by atoms with Gasteiger partial charge in [0.05, 0.1) is 18.8 Å². The molecule has 0 saturated heterocycles. The fourth-order valence-electron chi connectivity index (χ4n) is 3.56. The van der Waals surface area contributed by atoms with Crippen molar-refractivity contribution in [2.75, 3.05) is 0 Å². The first-order valence-electron chi connectivity index (χ1n) is 9.62. The van der Waals surface area contributed by atoms with Crippen LogP contribution in [0.15, 0.2) is 55.0 Å². The predicted octanol–water partition coefficient (Wildman–Crippen LogP) is 3.17. The van der Waals surface area contributed by atoms with Gasteiger partial charge in [0.2, 0.25) is 0 Å². The minimum absolute atomic E-state index is 0.0230. The highest BCUT2D eigenvalue weighted by Crippen LogP contribution is 2.39. The molecule has 0 fully saturated rings. The molecule has 7 nitrogen and oxygen atoms in total. The Morgan fingerprint density at radius 2 is 1.69 bits per heavy atom. The summed E-state index contributed by atoms with van der Waals surface area (Å²) in [5.41, 5.74) is -1.46. The lowest BCUT2D eigenvalue weighted by Crippen LogP contribution is -2.38. The van der Waals surface area contributed by atoms with Gasteiger partial charge in [-0.2, -0.15) is 5.10 Å². The largest absolute Gasteiger partial charge is 0.382 e. The van der Waals surface area contributed by atoms with Gasteiger partial charge in [-0.15, -0.1) is 5.10 Å². The van der Waals surface area contributed by atoms with Crippen LogP contribution in [-0.4, -0.2) is 35.1 Å². The summed E-state index contributed by atoms with van der Waals surface area (Å²) in [5, 5.41) is 26.7. The molecule has 2 aromatic heterocycles. The second-order valence-electron chi connectivity index (χ2n) is 7.45. The first-order valence-corrected chi connectivity index (χ1v) is 9.62. The zero-order valence-corrected chi connectivity index (χ0v) is 16.8. The van der Waals surface area contributed by atoms with Crippen LogP contribution in [0.1, 0.15) is 29.7 Å². The maximum absolute atomic E-state index is 14.7. The van der Waals surface area contributed by atoms with Gasteiger partial charge in [0.1, 0.15) is 35.2 Å². The highest BCUT2D eigenvalue weighted by molar-refractivity contribution is 5.30. The number of tetrazole rings is 1. The van der Waals surface area contributed by atoms with Crippen LogP contribution in [0.4, 0.5) is 17.6 Å². The molecule has 11 heteroatoms. The van der Waals surface area contributed by atoms with E-state index < -0.39 is 34.8 Å². The molecule has 2 heterocycles. The Hall–Kier alpha value is -3.60. The summed E-state index contributed by atoms with van der Waals surface area (Å²) < 4.78 is 57.9. The zero-order valence-electron chi connectivity index (χ0n) is 16.8. The molecule has 4 aromatic rings. The van der Waals surface area contributed by atoms with E-state index in [-0.39, 0.29) is 24.2 Å². The van der Waals surface area contributed by atoms with Crippen molar-refractivity contribution in [2.24, 2.45) is 0 Å². The molecule has 32 heavy (non-hydrogen) atoms. The molecule has 0 aliphatic carbocycles. The van der Waals surface area contributed by atoms with Crippen LogP contribution in [0.5, 0.6) is 0 Å². The molecule has 0 aliphatic rings. The van der Waals surface area contributed by atoms with E-state index >= 15 is 0 Å². The van der Waals surface area contributed by atoms with Gasteiger partial charge in [0.25, 0.3) is 0 Å². The molecular formula is C21H18F4N6O. The average Bonchev–Trinajstić information content (AvgIpc) is 3.41. The van der Waals surface area contributed by atoms with E-state index in [9.17, 15) is 22.7 Å². The summed E-state index contributed by atoms with van der Waals surface area (Å²) in [6.07, 6.45) is 2.82. The molecule has 0 unspecified atom stereocenters. The topological polar surface area (TPSA) is 81.6 Å². The number of aliphatic hydroxyl groups is 1. The molecular weight excluding hydrogens is 428 g/mol. The highest BCUT2D eigenvalue weighted by atomic mass is 19.1. The molecule has 0 bridgehead atoms. The minimum atomic E-state index is -1.90. The maximum Gasteiger partial charge on any atom is 0.138 e. The molecule has 4 rings (SSSR count). The molecule has 0 saturated carbocycles. The summed E-state index contributed by atoms with van der Waals surface area (Å²) in [5.74, 6) is -3.91. The van der Waals surface area contributed by atoms with Gasteiger partial charge in [-0.25, -0.2) is 22.2 Å². The lowest BCUT2D eigenvalue weighted by Gasteiger charge is -2.33. The quantitative estimate of drug-likeness (QED) is 0.441. The van der Waals surface area contributed by atoms with E-state index in [4.69, 9.17) is 0 Å².